The molecule has 0 radical (unpaired) electrons. The van der Waals surface area contributed by atoms with Gasteiger partial charge in [-0.05, 0) is 31.4 Å². The minimum atomic E-state index is 0.438. The van der Waals surface area contributed by atoms with E-state index in [1.54, 1.807) is 0 Å². The Morgan fingerprint density at radius 3 is 2.74 bits per heavy atom. The van der Waals surface area contributed by atoms with E-state index in [1.807, 2.05) is 13.1 Å². The first-order valence-corrected chi connectivity index (χ1v) is 6.91. The Morgan fingerprint density at radius 2 is 2.11 bits per heavy atom. The van der Waals surface area contributed by atoms with E-state index >= 15 is 0 Å². The van der Waals surface area contributed by atoms with Gasteiger partial charge in [0.05, 0.1) is 12.5 Å². The van der Waals surface area contributed by atoms with Gasteiger partial charge in [0.1, 0.15) is 11.3 Å². The molecule has 0 aliphatic heterocycles. The van der Waals surface area contributed by atoms with Crippen molar-refractivity contribution in [1.82, 2.24) is 14.5 Å². The Morgan fingerprint density at radius 1 is 1.37 bits per heavy atom. The van der Waals surface area contributed by atoms with Gasteiger partial charge < -0.3 is 4.57 Å². The Hall–Kier alpha value is -1.89. The van der Waals surface area contributed by atoms with Crippen LogP contribution in [0.1, 0.15) is 50.4 Å². The van der Waals surface area contributed by atoms with Gasteiger partial charge in [0.25, 0.3) is 0 Å². The van der Waals surface area contributed by atoms with Gasteiger partial charge in [-0.15, -0.1) is 0 Å². The van der Waals surface area contributed by atoms with Gasteiger partial charge in [-0.2, -0.15) is 5.26 Å². The SMILES string of the molecule is CCC(CC)c1nc2cc(C)cnc2n1CCC#N. The van der Waals surface area contributed by atoms with Gasteiger partial charge in [-0.1, -0.05) is 13.8 Å². The first kappa shape index (κ1) is 13.5. The predicted octanol–water partition coefficient (Wildman–Crippen LogP) is 3.56. The quantitative estimate of drug-likeness (QED) is 0.822. The molecule has 0 spiro atoms. The number of imidazole rings is 1. The molecule has 2 rings (SSSR count). The summed E-state index contributed by atoms with van der Waals surface area (Å²) in [7, 11) is 0. The molecule has 2 heterocycles. The largest absolute Gasteiger partial charge is 0.311 e. The number of nitriles is 1. The highest BCUT2D eigenvalue weighted by atomic mass is 15.1. The highest BCUT2D eigenvalue weighted by Crippen LogP contribution is 2.26. The van der Waals surface area contributed by atoms with Crippen molar-refractivity contribution < 1.29 is 0 Å². The minimum absolute atomic E-state index is 0.438. The van der Waals surface area contributed by atoms with E-state index in [0.717, 1.165) is 35.4 Å². The summed E-state index contributed by atoms with van der Waals surface area (Å²) in [5.41, 5.74) is 2.97. The van der Waals surface area contributed by atoms with Crippen LogP contribution in [0.15, 0.2) is 12.3 Å². The summed E-state index contributed by atoms with van der Waals surface area (Å²) in [5, 5.41) is 8.82. The molecule has 4 nitrogen and oxygen atoms in total. The molecule has 0 unspecified atom stereocenters. The summed E-state index contributed by atoms with van der Waals surface area (Å²) < 4.78 is 2.12. The number of pyridine rings is 1. The molecule has 19 heavy (non-hydrogen) atoms. The number of aryl methyl sites for hydroxylation is 2. The van der Waals surface area contributed by atoms with Crippen LogP contribution in [-0.2, 0) is 6.54 Å². The maximum absolute atomic E-state index is 8.82. The molecule has 0 bridgehead atoms. The smallest absolute Gasteiger partial charge is 0.160 e. The lowest BCUT2D eigenvalue weighted by Crippen LogP contribution is -2.09. The van der Waals surface area contributed by atoms with E-state index in [2.05, 4.69) is 35.5 Å². The first-order valence-electron chi connectivity index (χ1n) is 6.91. The van der Waals surface area contributed by atoms with Crippen molar-refractivity contribution in [1.29, 1.82) is 5.26 Å². The molecule has 100 valence electrons. The summed E-state index contributed by atoms with van der Waals surface area (Å²) in [6.07, 6.45) is 4.48. The van der Waals surface area contributed by atoms with Crippen LogP contribution in [0.25, 0.3) is 11.2 Å². The van der Waals surface area contributed by atoms with Crippen LogP contribution in [0.4, 0.5) is 0 Å². The van der Waals surface area contributed by atoms with Crippen LogP contribution in [0.5, 0.6) is 0 Å². The van der Waals surface area contributed by atoms with E-state index in [9.17, 15) is 0 Å². The summed E-state index contributed by atoms with van der Waals surface area (Å²) in [4.78, 5) is 9.26. The van der Waals surface area contributed by atoms with Gasteiger partial charge in [0.15, 0.2) is 5.65 Å². The summed E-state index contributed by atoms with van der Waals surface area (Å²) >= 11 is 0. The number of fused-ring (bicyclic) bond motifs is 1. The topological polar surface area (TPSA) is 54.5 Å². The number of aromatic nitrogens is 3. The van der Waals surface area contributed by atoms with Crippen LogP contribution >= 0.6 is 0 Å². The Labute approximate surface area is 114 Å². The number of rotatable bonds is 5. The maximum atomic E-state index is 8.82. The van der Waals surface area contributed by atoms with Crippen LogP contribution in [0, 0.1) is 18.3 Å². The van der Waals surface area contributed by atoms with E-state index in [1.165, 1.54) is 0 Å². The van der Waals surface area contributed by atoms with Crippen LogP contribution in [-0.4, -0.2) is 14.5 Å². The second-order valence-electron chi connectivity index (χ2n) is 4.90. The predicted molar refractivity (Wildman–Crippen MR) is 75.8 cm³/mol. The first-order chi connectivity index (χ1) is 9.21. The Kier molecular flexibility index (Phi) is 4.16. The molecule has 0 N–H and O–H groups in total. The maximum Gasteiger partial charge on any atom is 0.160 e. The fraction of sp³-hybridized carbons (Fsp3) is 0.533. The zero-order valence-corrected chi connectivity index (χ0v) is 11.8. The standard InChI is InChI=1S/C15H20N4/c1-4-12(5-2)14-18-13-9-11(3)10-17-15(13)19(14)8-6-7-16/h9-10,12H,4-6,8H2,1-3H3. The summed E-state index contributed by atoms with van der Waals surface area (Å²) in [6.45, 7) is 7.06. The van der Waals surface area contributed by atoms with Gasteiger partial charge in [0.2, 0.25) is 0 Å². The van der Waals surface area contributed by atoms with E-state index in [-0.39, 0.29) is 0 Å². The third-order valence-corrected chi connectivity index (χ3v) is 3.55. The molecule has 2 aromatic heterocycles. The minimum Gasteiger partial charge on any atom is -0.311 e. The van der Waals surface area contributed by atoms with E-state index in [0.29, 0.717) is 18.9 Å². The molecule has 0 aromatic carbocycles. The fourth-order valence-electron chi connectivity index (χ4n) is 2.48. The van der Waals surface area contributed by atoms with Crippen LogP contribution < -0.4 is 0 Å². The van der Waals surface area contributed by atoms with Crippen molar-refractivity contribution in [2.75, 3.05) is 0 Å². The molecule has 0 fully saturated rings. The molecular weight excluding hydrogens is 236 g/mol. The molecule has 0 atom stereocenters. The number of hydrogen-bond acceptors (Lipinski definition) is 3. The molecule has 0 saturated heterocycles. The van der Waals surface area contributed by atoms with Gasteiger partial charge in [0, 0.05) is 18.7 Å². The molecule has 0 aliphatic carbocycles. The lowest BCUT2D eigenvalue weighted by atomic mass is 10.0. The van der Waals surface area contributed by atoms with Crippen LogP contribution in [0.2, 0.25) is 0 Å². The third-order valence-electron chi connectivity index (χ3n) is 3.55. The van der Waals surface area contributed by atoms with E-state index < -0.39 is 0 Å². The van der Waals surface area contributed by atoms with Gasteiger partial charge in [-0.3, -0.25) is 0 Å². The highest BCUT2D eigenvalue weighted by molar-refractivity contribution is 5.72. The van der Waals surface area contributed by atoms with Crippen molar-refractivity contribution in [3.8, 4) is 6.07 Å². The van der Waals surface area contributed by atoms with Gasteiger partial charge >= 0.3 is 0 Å². The zero-order valence-electron chi connectivity index (χ0n) is 11.8. The van der Waals surface area contributed by atoms with Crippen molar-refractivity contribution in [3.63, 3.8) is 0 Å². The Bertz CT molecular complexity index is 602. The molecule has 0 aliphatic rings. The van der Waals surface area contributed by atoms with Crippen molar-refractivity contribution in [3.05, 3.63) is 23.7 Å². The second-order valence-corrected chi connectivity index (χ2v) is 4.90. The summed E-state index contributed by atoms with van der Waals surface area (Å²) in [5.74, 6) is 1.52. The molecule has 2 aromatic rings. The van der Waals surface area contributed by atoms with Crippen molar-refractivity contribution >= 4 is 11.2 Å². The fourth-order valence-corrected chi connectivity index (χ4v) is 2.48. The highest BCUT2D eigenvalue weighted by Gasteiger charge is 2.18. The number of hydrogen-bond donors (Lipinski definition) is 0. The van der Waals surface area contributed by atoms with Crippen LogP contribution in [0.3, 0.4) is 0 Å². The van der Waals surface area contributed by atoms with Crippen molar-refractivity contribution in [2.24, 2.45) is 0 Å². The normalized spacial score (nSPS) is 11.1. The zero-order chi connectivity index (χ0) is 13.8. The average Bonchev–Trinajstić information content (AvgIpc) is 2.75. The van der Waals surface area contributed by atoms with Gasteiger partial charge in [-0.25, -0.2) is 9.97 Å². The molecular formula is C15H20N4. The Balaban J connectivity index is 2.57. The third kappa shape index (κ3) is 2.60. The molecule has 0 amide bonds. The van der Waals surface area contributed by atoms with E-state index in [4.69, 9.17) is 10.2 Å². The lowest BCUT2D eigenvalue weighted by Gasteiger charge is -2.14. The lowest BCUT2D eigenvalue weighted by molar-refractivity contribution is 0.555. The number of nitrogens with zero attached hydrogens (tertiary/aromatic N) is 4. The molecule has 0 saturated carbocycles. The average molecular weight is 256 g/mol. The second kappa shape index (κ2) is 5.83. The van der Waals surface area contributed by atoms with Crippen molar-refractivity contribution in [2.45, 2.75) is 52.5 Å². The monoisotopic (exact) mass is 256 g/mol. The molecule has 4 heteroatoms. The summed E-state index contributed by atoms with van der Waals surface area (Å²) in [6, 6.07) is 4.27.